The van der Waals surface area contributed by atoms with Gasteiger partial charge in [0.1, 0.15) is 0 Å². The van der Waals surface area contributed by atoms with Crippen LogP contribution in [0.2, 0.25) is 0 Å². The maximum Gasteiger partial charge on any atom is 0.0900 e. The Kier molecular flexibility index (Phi) is 7.83. The van der Waals surface area contributed by atoms with Gasteiger partial charge in [-0.15, -0.1) is 0 Å². The number of aromatic nitrogens is 5. The first-order valence-electron chi connectivity index (χ1n) is 15.8. The van der Waals surface area contributed by atoms with Crippen molar-refractivity contribution in [3.8, 4) is 78.9 Å². The van der Waals surface area contributed by atoms with Gasteiger partial charge in [0.15, 0.2) is 0 Å². The van der Waals surface area contributed by atoms with Crippen LogP contribution in [0.4, 0.5) is 0 Å². The van der Waals surface area contributed by atoms with E-state index in [-0.39, 0.29) is 0 Å². The summed E-state index contributed by atoms with van der Waals surface area (Å²) in [6.07, 6.45) is 3.64. The smallest absolute Gasteiger partial charge is 0.0900 e. The average molecular weight is 616 g/mol. The van der Waals surface area contributed by atoms with Gasteiger partial charge in [-0.05, 0) is 90.0 Å². The molecule has 5 heteroatoms. The van der Waals surface area contributed by atoms with Crippen LogP contribution in [0.5, 0.6) is 0 Å². The summed E-state index contributed by atoms with van der Waals surface area (Å²) < 4.78 is 0. The minimum Gasteiger partial charge on any atom is -0.256 e. The lowest BCUT2D eigenvalue weighted by Gasteiger charge is -2.13. The Balaban J connectivity index is 1.33. The van der Waals surface area contributed by atoms with Gasteiger partial charge in [-0.3, -0.25) is 9.97 Å². The molecule has 0 N–H and O–H groups in total. The maximum atomic E-state index is 5.18. The molecular weight excluding hydrogens is 587 g/mol. The molecule has 0 unspecified atom stereocenters. The zero-order valence-electron chi connectivity index (χ0n) is 26.0. The number of hydrogen-bond donors (Lipinski definition) is 0. The van der Waals surface area contributed by atoms with Gasteiger partial charge >= 0.3 is 0 Å². The normalized spacial score (nSPS) is 10.9. The van der Waals surface area contributed by atoms with Crippen molar-refractivity contribution in [2.24, 2.45) is 0 Å². The van der Waals surface area contributed by atoms with Crippen LogP contribution in [0.15, 0.2) is 176 Å². The Labute approximate surface area is 279 Å². The molecule has 8 aromatic rings. The highest BCUT2D eigenvalue weighted by atomic mass is 14.8. The van der Waals surface area contributed by atoms with Crippen molar-refractivity contribution in [2.75, 3.05) is 0 Å². The summed E-state index contributed by atoms with van der Waals surface area (Å²) in [6.45, 7) is 0. The lowest BCUT2D eigenvalue weighted by molar-refractivity contribution is 1.22. The highest BCUT2D eigenvalue weighted by Crippen LogP contribution is 2.35. The number of nitrogens with zero attached hydrogens (tertiary/aromatic N) is 5. The predicted molar refractivity (Wildman–Crippen MR) is 193 cm³/mol. The molecule has 0 aliphatic rings. The molecule has 0 spiro atoms. The first-order chi connectivity index (χ1) is 23.8. The van der Waals surface area contributed by atoms with Crippen LogP contribution >= 0.6 is 0 Å². The molecule has 0 saturated heterocycles. The largest absolute Gasteiger partial charge is 0.256 e. The average Bonchev–Trinajstić information content (AvgIpc) is 3.19. The monoisotopic (exact) mass is 615 g/mol. The SMILES string of the molecule is c1ccc(-c2cccc(-c3cc(-c4cc(-c5ccccn5)cc(-c5ccccn5)c4)cc(-c4cccc(-c5ccccc5)n4)n3)n2)cc1. The lowest BCUT2D eigenvalue weighted by atomic mass is 9.95. The molecule has 5 aromatic heterocycles. The van der Waals surface area contributed by atoms with E-state index in [1.165, 1.54) is 0 Å². The predicted octanol–water partition coefficient (Wildman–Crippen LogP) is 10.3. The summed E-state index contributed by atoms with van der Waals surface area (Å²) in [6, 6.07) is 55.3. The van der Waals surface area contributed by atoms with E-state index in [0.717, 1.165) is 78.9 Å². The highest BCUT2D eigenvalue weighted by molar-refractivity contribution is 5.82. The van der Waals surface area contributed by atoms with Gasteiger partial charge in [0.2, 0.25) is 0 Å². The zero-order valence-corrected chi connectivity index (χ0v) is 26.0. The molecule has 8 rings (SSSR count). The van der Waals surface area contributed by atoms with Gasteiger partial charge in [0.25, 0.3) is 0 Å². The van der Waals surface area contributed by atoms with Crippen LogP contribution < -0.4 is 0 Å². The first kappa shape index (κ1) is 28.9. The van der Waals surface area contributed by atoms with Crippen molar-refractivity contribution in [1.82, 2.24) is 24.9 Å². The Morgan fingerprint density at radius 1 is 0.229 bits per heavy atom. The van der Waals surface area contributed by atoms with E-state index in [4.69, 9.17) is 15.0 Å². The van der Waals surface area contributed by atoms with Gasteiger partial charge in [-0.2, -0.15) is 0 Å². The van der Waals surface area contributed by atoms with Gasteiger partial charge in [-0.25, -0.2) is 15.0 Å². The van der Waals surface area contributed by atoms with E-state index < -0.39 is 0 Å². The Bertz CT molecular complexity index is 2170. The van der Waals surface area contributed by atoms with Crippen LogP contribution in [0.25, 0.3) is 78.9 Å². The fraction of sp³-hybridized carbons (Fsp3) is 0. The third kappa shape index (κ3) is 6.13. The minimum absolute atomic E-state index is 0.759. The molecule has 48 heavy (non-hydrogen) atoms. The van der Waals surface area contributed by atoms with Crippen LogP contribution in [0, 0.1) is 0 Å². The van der Waals surface area contributed by atoms with Gasteiger partial charge in [0.05, 0.1) is 45.6 Å². The third-order valence-corrected chi connectivity index (χ3v) is 8.18. The van der Waals surface area contributed by atoms with Crippen molar-refractivity contribution >= 4 is 0 Å². The zero-order chi connectivity index (χ0) is 32.1. The van der Waals surface area contributed by atoms with Crippen molar-refractivity contribution < 1.29 is 0 Å². The molecule has 0 radical (unpaired) electrons. The van der Waals surface area contributed by atoms with E-state index in [0.29, 0.717) is 0 Å². The second-order valence-electron chi connectivity index (χ2n) is 11.4. The number of rotatable bonds is 7. The summed E-state index contributed by atoms with van der Waals surface area (Å²) >= 11 is 0. The molecule has 0 atom stereocenters. The van der Waals surface area contributed by atoms with Crippen molar-refractivity contribution in [1.29, 1.82) is 0 Å². The summed E-state index contributed by atoms with van der Waals surface area (Å²) in [7, 11) is 0. The van der Waals surface area contributed by atoms with E-state index in [9.17, 15) is 0 Å². The van der Waals surface area contributed by atoms with Crippen molar-refractivity contribution in [3.05, 3.63) is 176 Å². The molecule has 0 bridgehead atoms. The molecule has 0 fully saturated rings. The number of pyridine rings is 5. The third-order valence-electron chi connectivity index (χ3n) is 8.18. The quantitative estimate of drug-likeness (QED) is 0.178. The second-order valence-corrected chi connectivity index (χ2v) is 11.4. The molecular formula is C43H29N5. The Morgan fingerprint density at radius 3 is 1.06 bits per heavy atom. The maximum absolute atomic E-state index is 5.18. The van der Waals surface area contributed by atoms with Crippen LogP contribution in [0.3, 0.4) is 0 Å². The molecule has 0 aliphatic carbocycles. The fourth-order valence-corrected chi connectivity index (χ4v) is 5.81. The van der Waals surface area contributed by atoms with Crippen LogP contribution in [-0.2, 0) is 0 Å². The first-order valence-corrected chi connectivity index (χ1v) is 15.8. The summed E-state index contributed by atoms with van der Waals surface area (Å²) in [5, 5.41) is 0. The Morgan fingerprint density at radius 2 is 0.604 bits per heavy atom. The van der Waals surface area contributed by atoms with Crippen LogP contribution in [-0.4, -0.2) is 24.9 Å². The second kappa shape index (κ2) is 13.0. The molecule has 3 aromatic carbocycles. The van der Waals surface area contributed by atoms with Crippen molar-refractivity contribution in [2.45, 2.75) is 0 Å². The van der Waals surface area contributed by atoms with E-state index in [1.807, 2.05) is 122 Å². The molecule has 226 valence electrons. The Hall–Kier alpha value is -6.59. The fourth-order valence-electron chi connectivity index (χ4n) is 5.81. The topological polar surface area (TPSA) is 64.5 Å². The van der Waals surface area contributed by atoms with E-state index >= 15 is 0 Å². The molecule has 0 saturated carbocycles. The van der Waals surface area contributed by atoms with Gasteiger partial charge in [0, 0.05) is 34.6 Å². The summed E-state index contributed by atoms with van der Waals surface area (Å²) in [5.74, 6) is 0. The number of benzene rings is 3. The van der Waals surface area contributed by atoms with Gasteiger partial charge < -0.3 is 0 Å². The highest BCUT2D eigenvalue weighted by Gasteiger charge is 2.15. The summed E-state index contributed by atoms with van der Waals surface area (Å²) in [5.41, 5.74) is 12.8. The molecule has 0 aliphatic heterocycles. The molecule has 5 nitrogen and oxygen atoms in total. The lowest BCUT2D eigenvalue weighted by Crippen LogP contribution is -1.96. The summed E-state index contributed by atoms with van der Waals surface area (Å²) in [4.78, 5) is 24.7. The van der Waals surface area contributed by atoms with Gasteiger partial charge in [-0.1, -0.05) is 84.9 Å². The number of hydrogen-bond acceptors (Lipinski definition) is 5. The van der Waals surface area contributed by atoms with E-state index in [1.54, 1.807) is 0 Å². The minimum atomic E-state index is 0.759. The standard InChI is InChI=1S/C43H29N5/c1-3-13-30(14-4-1)38-19-11-21-40(46-38)42-28-33(29-43(48-42)41-22-12-20-39(47-41)31-15-5-2-6-16-31)32-25-34(36-17-7-9-23-44-36)27-35(26-32)37-18-8-10-24-45-37/h1-29H. The van der Waals surface area contributed by atoms with E-state index in [2.05, 4.69) is 64.6 Å². The van der Waals surface area contributed by atoms with Crippen LogP contribution in [0.1, 0.15) is 0 Å². The molecule has 0 amide bonds. The van der Waals surface area contributed by atoms with Crippen molar-refractivity contribution in [3.63, 3.8) is 0 Å². The molecule has 5 heterocycles.